The lowest BCUT2D eigenvalue weighted by atomic mass is 9.90. The van der Waals surface area contributed by atoms with Crippen molar-refractivity contribution in [3.05, 3.63) is 108 Å². The van der Waals surface area contributed by atoms with Crippen molar-refractivity contribution in [2.75, 3.05) is 20.3 Å². The van der Waals surface area contributed by atoms with Gasteiger partial charge in [0.15, 0.2) is 6.29 Å². The largest absolute Gasteiger partial charge is 0.394 e. The first kappa shape index (κ1) is 25.5. The third-order valence-corrected chi connectivity index (χ3v) is 6.18. The summed E-state index contributed by atoms with van der Waals surface area (Å²) in [4.78, 5) is 0. The number of aliphatic hydroxyl groups excluding tert-OH is 1. The van der Waals surface area contributed by atoms with Crippen LogP contribution in [0.3, 0.4) is 0 Å². The molecule has 1 N–H and O–H groups in total. The molecule has 3 aromatic rings. The fourth-order valence-corrected chi connectivity index (χ4v) is 4.35. The number of ether oxygens (including phenoxy) is 5. The maximum absolute atomic E-state index is 10.1. The standard InChI is InChI=1S/C29H34O6/c1-31-29-25(21-32-18-22-11-5-2-6-12-22)27(33-19-23-13-7-3-8-14-23)28(26(17-30)35-29)34-20-24-15-9-4-10-16-24/h2-16,25-30H,17-21H2,1H3/t25-,26-,27-,28-,29?/m1/s1. The summed E-state index contributed by atoms with van der Waals surface area (Å²) in [6, 6.07) is 30.0. The molecule has 0 bridgehead atoms. The first-order chi connectivity index (χ1) is 17.3. The Kier molecular flexibility index (Phi) is 9.84. The van der Waals surface area contributed by atoms with Crippen LogP contribution in [0.25, 0.3) is 0 Å². The van der Waals surface area contributed by atoms with Crippen molar-refractivity contribution >= 4 is 0 Å². The van der Waals surface area contributed by atoms with Gasteiger partial charge in [0.2, 0.25) is 0 Å². The molecule has 1 aliphatic rings. The predicted octanol–water partition coefficient (Wildman–Crippen LogP) is 4.35. The van der Waals surface area contributed by atoms with Gasteiger partial charge < -0.3 is 28.8 Å². The van der Waals surface area contributed by atoms with Crippen LogP contribution < -0.4 is 0 Å². The lowest BCUT2D eigenvalue weighted by Crippen LogP contribution is -2.59. The zero-order chi connectivity index (χ0) is 24.3. The van der Waals surface area contributed by atoms with Crippen molar-refractivity contribution in [3.8, 4) is 0 Å². The Balaban J connectivity index is 1.52. The second-order valence-corrected chi connectivity index (χ2v) is 8.65. The molecular formula is C29H34O6. The van der Waals surface area contributed by atoms with Crippen molar-refractivity contribution in [1.29, 1.82) is 0 Å². The summed E-state index contributed by atoms with van der Waals surface area (Å²) in [7, 11) is 1.60. The van der Waals surface area contributed by atoms with E-state index >= 15 is 0 Å². The smallest absolute Gasteiger partial charge is 0.165 e. The van der Waals surface area contributed by atoms with Crippen LogP contribution in [-0.2, 0) is 43.5 Å². The lowest BCUT2D eigenvalue weighted by molar-refractivity contribution is -0.303. The molecule has 1 aliphatic heterocycles. The molecule has 0 radical (unpaired) electrons. The highest BCUT2D eigenvalue weighted by molar-refractivity contribution is 5.15. The van der Waals surface area contributed by atoms with Crippen molar-refractivity contribution in [2.24, 2.45) is 5.92 Å². The van der Waals surface area contributed by atoms with Crippen molar-refractivity contribution in [3.63, 3.8) is 0 Å². The Morgan fingerprint density at radius 3 is 1.66 bits per heavy atom. The van der Waals surface area contributed by atoms with Crippen LogP contribution in [0.4, 0.5) is 0 Å². The first-order valence-electron chi connectivity index (χ1n) is 12.0. The minimum absolute atomic E-state index is 0.206. The van der Waals surface area contributed by atoms with Gasteiger partial charge >= 0.3 is 0 Å². The molecular weight excluding hydrogens is 444 g/mol. The molecule has 0 spiro atoms. The number of benzene rings is 3. The van der Waals surface area contributed by atoms with E-state index in [2.05, 4.69) is 0 Å². The molecule has 6 heteroatoms. The first-order valence-corrected chi connectivity index (χ1v) is 12.0. The number of hydrogen-bond acceptors (Lipinski definition) is 6. The van der Waals surface area contributed by atoms with E-state index < -0.39 is 24.6 Å². The molecule has 1 unspecified atom stereocenters. The van der Waals surface area contributed by atoms with E-state index in [-0.39, 0.29) is 12.5 Å². The number of hydrogen-bond donors (Lipinski definition) is 1. The van der Waals surface area contributed by atoms with Gasteiger partial charge in [-0.15, -0.1) is 0 Å². The summed E-state index contributed by atoms with van der Waals surface area (Å²) < 4.78 is 30.7. The third kappa shape index (κ3) is 7.21. The lowest BCUT2D eigenvalue weighted by Gasteiger charge is -2.45. The highest BCUT2D eigenvalue weighted by Crippen LogP contribution is 2.32. The summed E-state index contributed by atoms with van der Waals surface area (Å²) in [6.45, 7) is 1.41. The average Bonchev–Trinajstić information content (AvgIpc) is 2.92. The maximum Gasteiger partial charge on any atom is 0.165 e. The number of methoxy groups -OCH3 is 1. The maximum atomic E-state index is 10.1. The summed E-state index contributed by atoms with van der Waals surface area (Å²) in [5.74, 6) is -0.254. The van der Waals surface area contributed by atoms with E-state index in [1.165, 1.54) is 0 Å². The molecule has 35 heavy (non-hydrogen) atoms. The van der Waals surface area contributed by atoms with Crippen molar-refractivity contribution < 1.29 is 28.8 Å². The zero-order valence-corrected chi connectivity index (χ0v) is 20.1. The quantitative estimate of drug-likeness (QED) is 0.417. The monoisotopic (exact) mass is 478 g/mol. The zero-order valence-electron chi connectivity index (χ0n) is 20.1. The minimum atomic E-state index is -0.597. The van der Waals surface area contributed by atoms with Gasteiger partial charge in [-0.25, -0.2) is 0 Å². The number of aliphatic hydroxyl groups is 1. The van der Waals surface area contributed by atoms with Crippen LogP contribution in [0.1, 0.15) is 16.7 Å². The summed E-state index contributed by atoms with van der Waals surface area (Å²) in [6.07, 6.45) is -2.10. The van der Waals surface area contributed by atoms with Gasteiger partial charge in [-0.1, -0.05) is 91.0 Å². The molecule has 0 aliphatic carbocycles. The topological polar surface area (TPSA) is 66.4 Å². The van der Waals surface area contributed by atoms with E-state index in [0.717, 1.165) is 16.7 Å². The summed E-state index contributed by atoms with van der Waals surface area (Å²) >= 11 is 0. The molecule has 0 amide bonds. The molecule has 3 aromatic carbocycles. The van der Waals surface area contributed by atoms with Crippen LogP contribution in [0.5, 0.6) is 0 Å². The SMILES string of the molecule is COC1O[C@H](CO)[C@@H](OCc2ccccc2)[C@H](OCc2ccccc2)[C@H]1COCc1ccccc1. The third-order valence-electron chi connectivity index (χ3n) is 6.18. The molecule has 1 heterocycles. The van der Waals surface area contributed by atoms with Crippen LogP contribution in [0, 0.1) is 5.92 Å². The van der Waals surface area contributed by atoms with Crippen LogP contribution in [0.2, 0.25) is 0 Å². The second kappa shape index (κ2) is 13.5. The van der Waals surface area contributed by atoms with Gasteiger partial charge in [0.05, 0.1) is 45.1 Å². The Morgan fingerprint density at radius 1 is 0.686 bits per heavy atom. The van der Waals surface area contributed by atoms with Crippen LogP contribution >= 0.6 is 0 Å². The molecule has 6 nitrogen and oxygen atoms in total. The van der Waals surface area contributed by atoms with E-state index in [1.807, 2.05) is 91.0 Å². The Hall–Kier alpha value is -2.58. The van der Waals surface area contributed by atoms with Crippen LogP contribution in [0.15, 0.2) is 91.0 Å². The molecule has 4 rings (SSSR count). The second-order valence-electron chi connectivity index (χ2n) is 8.65. The summed E-state index contributed by atoms with van der Waals surface area (Å²) in [5.41, 5.74) is 3.18. The highest BCUT2D eigenvalue weighted by atomic mass is 16.7. The van der Waals surface area contributed by atoms with E-state index in [4.69, 9.17) is 23.7 Å². The highest BCUT2D eigenvalue weighted by Gasteiger charge is 2.47. The van der Waals surface area contributed by atoms with Crippen molar-refractivity contribution in [1.82, 2.24) is 0 Å². The van der Waals surface area contributed by atoms with Gasteiger partial charge in [0.1, 0.15) is 12.2 Å². The summed E-state index contributed by atoms with van der Waals surface area (Å²) in [5, 5.41) is 10.1. The fourth-order valence-electron chi connectivity index (χ4n) is 4.35. The fraction of sp³-hybridized carbons (Fsp3) is 0.379. The van der Waals surface area contributed by atoms with Crippen molar-refractivity contribution in [2.45, 2.75) is 44.4 Å². The Morgan fingerprint density at radius 2 is 1.17 bits per heavy atom. The van der Waals surface area contributed by atoms with E-state index in [9.17, 15) is 5.11 Å². The molecule has 0 saturated carbocycles. The van der Waals surface area contributed by atoms with Crippen LogP contribution in [-0.4, -0.2) is 50.0 Å². The minimum Gasteiger partial charge on any atom is -0.394 e. The molecule has 0 aromatic heterocycles. The van der Waals surface area contributed by atoms with Gasteiger partial charge in [-0.2, -0.15) is 0 Å². The predicted molar refractivity (Wildman–Crippen MR) is 132 cm³/mol. The van der Waals surface area contributed by atoms with Gasteiger partial charge in [-0.05, 0) is 16.7 Å². The molecule has 186 valence electrons. The number of rotatable bonds is 12. The van der Waals surface area contributed by atoms with Gasteiger partial charge in [0.25, 0.3) is 0 Å². The Bertz CT molecular complexity index is 968. The average molecular weight is 479 g/mol. The molecule has 5 atom stereocenters. The molecule has 1 saturated heterocycles. The van der Waals surface area contributed by atoms with E-state index in [0.29, 0.717) is 26.4 Å². The van der Waals surface area contributed by atoms with E-state index in [1.54, 1.807) is 7.11 Å². The van der Waals surface area contributed by atoms with Gasteiger partial charge in [0, 0.05) is 7.11 Å². The normalized spacial score (nSPS) is 24.3. The molecule has 1 fully saturated rings. The van der Waals surface area contributed by atoms with Gasteiger partial charge in [-0.3, -0.25) is 0 Å². The Labute approximate surface area is 207 Å².